The molecule has 0 unspecified atom stereocenters. The zero-order valence-electron chi connectivity index (χ0n) is 12.5. The van der Waals surface area contributed by atoms with Crippen LogP contribution in [0.2, 0.25) is 0 Å². The third-order valence-electron chi connectivity index (χ3n) is 3.15. The van der Waals surface area contributed by atoms with Crippen LogP contribution >= 0.6 is 11.3 Å². The topological polar surface area (TPSA) is 72.2 Å². The van der Waals surface area contributed by atoms with Gasteiger partial charge in [-0.2, -0.15) is 13.2 Å². The molecule has 0 aliphatic rings. The van der Waals surface area contributed by atoms with Crippen molar-refractivity contribution < 1.29 is 18.0 Å². The molecule has 3 heterocycles. The highest BCUT2D eigenvalue weighted by Gasteiger charge is 2.33. The fraction of sp³-hybridized carbons (Fsp3) is 0.286. The number of rotatable bonds is 4. The number of imidazole rings is 1. The second kappa shape index (κ2) is 6.19. The van der Waals surface area contributed by atoms with Crippen molar-refractivity contribution in [2.24, 2.45) is 0 Å². The molecule has 3 aromatic heterocycles. The highest BCUT2D eigenvalue weighted by molar-refractivity contribution is 7.15. The smallest absolute Gasteiger partial charge is 0.350 e. The van der Waals surface area contributed by atoms with Gasteiger partial charge in [0.25, 0.3) is 5.91 Å². The number of carbonyl (C=O) groups excluding carboxylic acids is 1. The zero-order valence-corrected chi connectivity index (χ0v) is 13.3. The van der Waals surface area contributed by atoms with Gasteiger partial charge in [0.2, 0.25) is 0 Å². The van der Waals surface area contributed by atoms with Crippen LogP contribution in [0.3, 0.4) is 0 Å². The first-order chi connectivity index (χ1) is 11.3. The van der Waals surface area contributed by atoms with E-state index in [0.717, 1.165) is 6.07 Å². The number of fused-ring (bicyclic) bond motifs is 1. The quantitative estimate of drug-likeness (QED) is 0.780. The van der Waals surface area contributed by atoms with Crippen molar-refractivity contribution in [1.29, 1.82) is 0 Å². The average Bonchev–Trinajstić information content (AvgIpc) is 3.06. The Morgan fingerprint density at radius 3 is 2.83 bits per heavy atom. The Morgan fingerprint density at radius 2 is 2.12 bits per heavy atom. The van der Waals surface area contributed by atoms with E-state index in [0.29, 0.717) is 4.96 Å². The number of aryl methyl sites for hydroxylation is 1. The predicted molar refractivity (Wildman–Crippen MR) is 80.9 cm³/mol. The fourth-order valence-corrected chi connectivity index (χ4v) is 2.80. The minimum Gasteiger partial charge on any atom is -0.350 e. The third-order valence-corrected chi connectivity index (χ3v) is 3.92. The minimum atomic E-state index is -4.52. The second-order valence-electron chi connectivity index (χ2n) is 5.03. The highest BCUT2D eigenvalue weighted by atomic mass is 32.1. The van der Waals surface area contributed by atoms with E-state index in [1.165, 1.54) is 18.3 Å². The van der Waals surface area contributed by atoms with Crippen LogP contribution < -0.4 is 5.32 Å². The van der Waals surface area contributed by atoms with Crippen LogP contribution in [0.25, 0.3) is 4.96 Å². The molecule has 126 valence electrons. The molecule has 0 aromatic carbocycles. The lowest BCUT2D eigenvalue weighted by atomic mass is 10.3. The van der Waals surface area contributed by atoms with Gasteiger partial charge >= 0.3 is 6.18 Å². The summed E-state index contributed by atoms with van der Waals surface area (Å²) in [6.45, 7) is 1.58. The lowest BCUT2D eigenvalue weighted by Gasteiger charge is -2.09. The Hall–Kier alpha value is -2.49. The first-order valence-electron chi connectivity index (χ1n) is 6.95. The summed E-state index contributed by atoms with van der Waals surface area (Å²) in [6.07, 6.45) is -1.05. The van der Waals surface area contributed by atoms with Gasteiger partial charge in [-0.25, -0.2) is 15.0 Å². The molecule has 3 aromatic rings. The largest absolute Gasteiger partial charge is 0.433 e. The van der Waals surface area contributed by atoms with Crippen molar-refractivity contribution in [1.82, 2.24) is 24.7 Å². The van der Waals surface area contributed by atoms with Gasteiger partial charge in [0, 0.05) is 36.4 Å². The lowest BCUT2D eigenvalue weighted by Crippen LogP contribution is -2.26. The molecule has 0 saturated heterocycles. The van der Waals surface area contributed by atoms with Gasteiger partial charge < -0.3 is 5.32 Å². The van der Waals surface area contributed by atoms with E-state index in [9.17, 15) is 18.0 Å². The number of carbonyl (C=O) groups is 1. The Balaban J connectivity index is 1.62. The Kier molecular flexibility index (Phi) is 4.22. The zero-order chi connectivity index (χ0) is 17.3. The van der Waals surface area contributed by atoms with Gasteiger partial charge in [-0.05, 0) is 13.0 Å². The molecular formula is C14H12F3N5OS. The predicted octanol–water partition coefficient (Wildman–Crippen LogP) is 2.49. The van der Waals surface area contributed by atoms with Crippen LogP contribution in [0.1, 0.15) is 27.7 Å². The molecule has 1 N–H and O–H groups in total. The molecule has 10 heteroatoms. The molecule has 6 nitrogen and oxygen atoms in total. The monoisotopic (exact) mass is 355 g/mol. The van der Waals surface area contributed by atoms with Crippen molar-refractivity contribution in [2.75, 3.05) is 6.54 Å². The maximum atomic E-state index is 12.7. The summed E-state index contributed by atoms with van der Waals surface area (Å²) in [4.78, 5) is 24.3. The van der Waals surface area contributed by atoms with Gasteiger partial charge in [0.15, 0.2) is 4.96 Å². The molecular weight excluding hydrogens is 343 g/mol. The third kappa shape index (κ3) is 3.53. The van der Waals surface area contributed by atoms with Crippen molar-refractivity contribution in [3.63, 3.8) is 0 Å². The number of halogens is 3. The van der Waals surface area contributed by atoms with Crippen LogP contribution in [0.15, 0.2) is 23.8 Å². The number of nitrogens with zero attached hydrogens (tertiary/aromatic N) is 4. The van der Waals surface area contributed by atoms with Gasteiger partial charge in [0.1, 0.15) is 17.2 Å². The van der Waals surface area contributed by atoms with Gasteiger partial charge in [-0.15, -0.1) is 11.3 Å². The van der Waals surface area contributed by atoms with Crippen molar-refractivity contribution >= 4 is 22.2 Å². The lowest BCUT2D eigenvalue weighted by molar-refractivity contribution is -0.141. The fourth-order valence-electron chi connectivity index (χ4n) is 2.10. The molecule has 1 amide bonds. The summed E-state index contributed by atoms with van der Waals surface area (Å²) in [5, 5.41) is 4.45. The van der Waals surface area contributed by atoms with Gasteiger partial charge in [-0.3, -0.25) is 9.20 Å². The first-order valence-corrected chi connectivity index (χ1v) is 7.83. The van der Waals surface area contributed by atoms with E-state index in [-0.39, 0.29) is 30.2 Å². The summed E-state index contributed by atoms with van der Waals surface area (Å²) >= 11 is 1.40. The molecule has 0 atom stereocenters. The minimum absolute atomic E-state index is 0.0356. The van der Waals surface area contributed by atoms with E-state index >= 15 is 0 Å². The number of nitrogens with one attached hydrogen (secondary N) is 1. The first kappa shape index (κ1) is 16.4. The van der Waals surface area contributed by atoms with Crippen molar-refractivity contribution in [3.05, 3.63) is 46.7 Å². The molecule has 3 rings (SSSR count). The molecule has 0 saturated carbocycles. The maximum Gasteiger partial charge on any atom is 0.433 e. The number of hydrogen-bond acceptors (Lipinski definition) is 5. The van der Waals surface area contributed by atoms with Crippen LogP contribution in [0, 0.1) is 6.92 Å². The van der Waals surface area contributed by atoms with E-state index < -0.39 is 17.8 Å². The molecule has 0 aliphatic carbocycles. The van der Waals surface area contributed by atoms with Crippen LogP contribution in [0.5, 0.6) is 0 Å². The van der Waals surface area contributed by atoms with E-state index in [1.807, 2.05) is 5.38 Å². The number of hydrogen-bond donors (Lipinski definition) is 1. The summed E-state index contributed by atoms with van der Waals surface area (Å²) < 4.78 is 39.9. The van der Waals surface area contributed by atoms with E-state index in [1.54, 1.807) is 16.8 Å². The molecule has 0 aliphatic heterocycles. The summed E-state index contributed by atoms with van der Waals surface area (Å²) in [7, 11) is 0. The van der Waals surface area contributed by atoms with Crippen LogP contribution in [-0.4, -0.2) is 31.8 Å². The SMILES string of the molecule is Cc1cc(C(F)(F)F)nc(CCNC(=O)c2cn3ccsc3n2)n1. The Labute approximate surface area is 138 Å². The van der Waals surface area contributed by atoms with E-state index in [2.05, 4.69) is 20.3 Å². The van der Waals surface area contributed by atoms with Crippen LogP contribution in [-0.2, 0) is 12.6 Å². The normalized spacial score (nSPS) is 11.8. The molecule has 0 spiro atoms. The summed E-state index contributed by atoms with van der Waals surface area (Å²) in [5.41, 5.74) is -0.498. The van der Waals surface area contributed by atoms with Gasteiger partial charge in [0.05, 0.1) is 0 Å². The molecule has 0 bridgehead atoms. The highest BCUT2D eigenvalue weighted by Crippen LogP contribution is 2.27. The van der Waals surface area contributed by atoms with Crippen LogP contribution in [0.4, 0.5) is 13.2 Å². The number of amides is 1. The number of aromatic nitrogens is 4. The molecule has 0 fully saturated rings. The van der Waals surface area contributed by atoms with E-state index in [4.69, 9.17) is 0 Å². The Morgan fingerprint density at radius 1 is 1.33 bits per heavy atom. The summed E-state index contributed by atoms with van der Waals surface area (Å²) in [6, 6.07) is 0.889. The molecule has 24 heavy (non-hydrogen) atoms. The number of thiazole rings is 1. The number of alkyl halides is 3. The van der Waals surface area contributed by atoms with Gasteiger partial charge in [-0.1, -0.05) is 0 Å². The second-order valence-corrected chi connectivity index (χ2v) is 5.91. The average molecular weight is 355 g/mol. The van der Waals surface area contributed by atoms with Crippen molar-refractivity contribution in [2.45, 2.75) is 19.5 Å². The molecule has 0 radical (unpaired) electrons. The standard InChI is InChI=1S/C14H12F3N5OS/c1-8-6-10(14(15,16)17)21-11(19-8)2-3-18-12(23)9-7-22-4-5-24-13(22)20-9/h4-7H,2-3H2,1H3,(H,18,23). The van der Waals surface area contributed by atoms with Crippen molar-refractivity contribution in [3.8, 4) is 0 Å². The summed E-state index contributed by atoms with van der Waals surface area (Å²) in [5.74, 6) is -0.358. The Bertz CT molecular complexity index is 858. The maximum absolute atomic E-state index is 12.7.